The first-order chi connectivity index (χ1) is 8.61. The molecule has 2 aromatic heterocycles. The van der Waals surface area contributed by atoms with Gasteiger partial charge in [0.05, 0.1) is 16.1 Å². The highest BCUT2D eigenvalue weighted by Gasteiger charge is 2.14. The van der Waals surface area contributed by atoms with Crippen molar-refractivity contribution < 1.29 is 4.79 Å². The normalized spacial score (nSPS) is 9.83. The number of rotatable bonds is 2. The number of aromatic nitrogens is 1. The van der Waals surface area contributed by atoms with Crippen LogP contribution in [0.3, 0.4) is 0 Å². The molecular weight excluding hydrogens is 293 g/mol. The zero-order valence-electron chi connectivity index (χ0n) is 8.78. The Balaban J connectivity index is 2.28. The number of pyridine rings is 1. The van der Waals surface area contributed by atoms with Crippen LogP contribution in [0, 0.1) is 11.3 Å². The van der Waals surface area contributed by atoms with Crippen molar-refractivity contribution >= 4 is 45.4 Å². The van der Waals surface area contributed by atoms with Crippen molar-refractivity contribution in [2.75, 3.05) is 5.32 Å². The van der Waals surface area contributed by atoms with E-state index in [0.717, 1.165) is 0 Å². The van der Waals surface area contributed by atoms with Gasteiger partial charge in [-0.25, -0.2) is 4.98 Å². The molecule has 0 saturated heterocycles. The monoisotopic (exact) mass is 297 g/mol. The van der Waals surface area contributed by atoms with Crippen molar-refractivity contribution in [2.45, 2.75) is 0 Å². The van der Waals surface area contributed by atoms with Gasteiger partial charge < -0.3 is 5.32 Å². The second-order valence-electron chi connectivity index (χ2n) is 3.22. The third-order valence-corrected chi connectivity index (χ3v) is 3.42. The molecule has 0 aromatic carbocycles. The van der Waals surface area contributed by atoms with Crippen molar-refractivity contribution in [3.8, 4) is 6.07 Å². The van der Waals surface area contributed by atoms with Crippen LogP contribution in [0.5, 0.6) is 0 Å². The minimum absolute atomic E-state index is 0.177. The Labute approximate surface area is 117 Å². The van der Waals surface area contributed by atoms with Crippen LogP contribution in [0.2, 0.25) is 10.2 Å². The molecule has 0 bridgehead atoms. The Bertz CT molecular complexity index is 648. The van der Waals surface area contributed by atoms with Crippen LogP contribution < -0.4 is 5.32 Å². The van der Waals surface area contributed by atoms with Crippen LogP contribution in [0.1, 0.15) is 15.9 Å². The molecule has 18 heavy (non-hydrogen) atoms. The summed E-state index contributed by atoms with van der Waals surface area (Å²) in [6.45, 7) is 0. The third-order valence-electron chi connectivity index (χ3n) is 2.08. The number of thiophene rings is 1. The van der Waals surface area contributed by atoms with E-state index in [1.165, 1.54) is 23.6 Å². The number of hydrogen-bond donors (Lipinski definition) is 1. The van der Waals surface area contributed by atoms with Crippen LogP contribution in [0.25, 0.3) is 0 Å². The molecule has 2 heterocycles. The lowest BCUT2D eigenvalue weighted by Crippen LogP contribution is -2.12. The van der Waals surface area contributed by atoms with Gasteiger partial charge in [-0.05, 0) is 17.5 Å². The third kappa shape index (κ3) is 2.62. The summed E-state index contributed by atoms with van der Waals surface area (Å²) in [4.78, 5) is 15.7. The number of halogens is 2. The van der Waals surface area contributed by atoms with Gasteiger partial charge in [0.25, 0.3) is 5.91 Å². The van der Waals surface area contributed by atoms with E-state index in [1.54, 1.807) is 11.4 Å². The highest BCUT2D eigenvalue weighted by molar-refractivity contribution is 7.14. The number of carbonyl (C=O) groups excluding carboxylic acids is 1. The van der Waals surface area contributed by atoms with E-state index < -0.39 is 5.91 Å². The van der Waals surface area contributed by atoms with E-state index in [1.807, 2.05) is 6.07 Å². The molecule has 2 aromatic rings. The van der Waals surface area contributed by atoms with Crippen LogP contribution in [0.4, 0.5) is 5.00 Å². The highest BCUT2D eigenvalue weighted by Crippen LogP contribution is 2.25. The van der Waals surface area contributed by atoms with Gasteiger partial charge >= 0.3 is 0 Å². The average Bonchev–Trinajstić information content (AvgIpc) is 2.79. The first-order valence-electron chi connectivity index (χ1n) is 4.72. The van der Waals surface area contributed by atoms with E-state index in [4.69, 9.17) is 28.5 Å². The molecule has 2 rings (SSSR count). The maximum atomic E-state index is 12.0. The average molecular weight is 298 g/mol. The number of carbonyl (C=O) groups is 1. The molecule has 0 atom stereocenters. The summed E-state index contributed by atoms with van der Waals surface area (Å²) in [6, 6.07) is 4.98. The Morgan fingerprint density at radius 3 is 3.00 bits per heavy atom. The van der Waals surface area contributed by atoms with Crippen LogP contribution in [-0.4, -0.2) is 10.9 Å². The molecule has 0 unspecified atom stereocenters. The summed E-state index contributed by atoms with van der Waals surface area (Å²) in [7, 11) is 0. The minimum Gasteiger partial charge on any atom is -0.312 e. The lowest BCUT2D eigenvalue weighted by Gasteiger charge is -2.05. The van der Waals surface area contributed by atoms with Crippen molar-refractivity contribution in [3.63, 3.8) is 0 Å². The summed E-state index contributed by atoms with van der Waals surface area (Å²) in [5.41, 5.74) is 0.624. The second kappa shape index (κ2) is 5.36. The number of anilines is 1. The van der Waals surface area contributed by atoms with Crippen molar-refractivity contribution in [2.24, 2.45) is 0 Å². The van der Waals surface area contributed by atoms with Gasteiger partial charge in [-0.2, -0.15) is 5.26 Å². The molecule has 7 heteroatoms. The molecule has 0 aliphatic carbocycles. The molecule has 1 N–H and O–H groups in total. The van der Waals surface area contributed by atoms with Crippen LogP contribution in [0.15, 0.2) is 23.7 Å². The molecule has 0 aliphatic heterocycles. The standard InChI is InChI=1S/C11H5Cl2N3OS/c12-8-5-15-9(13)3-7(8)10(17)16-11-6(4-14)1-2-18-11/h1-3,5H,(H,16,17). The lowest BCUT2D eigenvalue weighted by atomic mass is 10.2. The Morgan fingerprint density at radius 2 is 2.28 bits per heavy atom. The van der Waals surface area contributed by atoms with E-state index in [2.05, 4.69) is 10.3 Å². The number of amides is 1. The predicted molar refractivity (Wildman–Crippen MR) is 71.2 cm³/mol. The number of nitrogens with one attached hydrogen (secondary N) is 1. The quantitative estimate of drug-likeness (QED) is 0.862. The molecule has 1 amide bonds. The summed E-state index contributed by atoms with van der Waals surface area (Å²) >= 11 is 12.8. The van der Waals surface area contributed by atoms with Gasteiger partial charge in [-0.3, -0.25) is 4.79 Å². The summed E-state index contributed by atoms with van der Waals surface area (Å²) < 4.78 is 0. The van der Waals surface area contributed by atoms with E-state index in [0.29, 0.717) is 10.6 Å². The molecule has 0 aliphatic rings. The molecule has 4 nitrogen and oxygen atoms in total. The fourth-order valence-corrected chi connectivity index (χ4v) is 2.33. The zero-order chi connectivity index (χ0) is 13.1. The smallest absolute Gasteiger partial charge is 0.257 e. The Morgan fingerprint density at radius 1 is 1.50 bits per heavy atom. The molecule has 90 valence electrons. The highest BCUT2D eigenvalue weighted by atomic mass is 35.5. The molecule has 0 spiro atoms. The summed E-state index contributed by atoms with van der Waals surface area (Å²) in [6.07, 6.45) is 1.30. The van der Waals surface area contributed by atoms with Gasteiger partial charge in [-0.15, -0.1) is 11.3 Å². The van der Waals surface area contributed by atoms with E-state index in [9.17, 15) is 4.79 Å². The molecule has 0 saturated carbocycles. The van der Waals surface area contributed by atoms with Crippen molar-refractivity contribution in [1.82, 2.24) is 4.98 Å². The maximum Gasteiger partial charge on any atom is 0.257 e. The number of nitriles is 1. The second-order valence-corrected chi connectivity index (χ2v) is 4.93. The van der Waals surface area contributed by atoms with Crippen molar-refractivity contribution in [1.29, 1.82) is 5.26 Å². The Kier molecular flexibility index (Phi) is 3.82. The van der Waals surface area contributed by atoms with Crippen LogP contribution >= 0.6 is 34.5 Å². The predicted octanol–water partition coefficient (Wildman–Crippen LogP) is 3.57. The van der Waals surface area contributed by atoms with Gasteiger partial charge in [-0.1, -0.05) is 23.2 Å². The lowest BCUT2D eigenvalue weighted by molar-refractivity contribution is 0.102. The van der Waals surface area contributed by atoms with Gasteiger partial charge in [0.1, 0.15) is 16.2 Å². The van der Waals surface area contributed by atoms with E-state index in [-0.39, 0.29) is 15.7 Å². The molecular formula is C11H5Cl2N3OS. The van der Waals surface area contributed by atoms with Gasteiger partial charge in [0.2, 0.25) is 0 Å². The zero-order valence-corrected chi connectivity index (χ0v) is 11.1. The maximum absolute atomic E-state index is 12.0. The number of hydrogen-bond acceptors (Lipinski definition) is 4. The molecule has 0 radical (unpaired) electrons. The first kappa shape index (κ1) is 12.8. The van der Waals surface area contributed by atoms with E-state index >= 15 is 0 Å². The summed E-state index contributed by atoms with van der Waals surface area (Å²) in [5, 5.41) is 14.0. The minimum atomic E-state index is -0.428. The van der Waals surface area contributed by atoms with Gasteiger partial charge in [0, 0.05) is 6.20 Å². The SMILES string of the molecule is N#Cc1ccsc1NC(=O)c1cc(Cl)ncc1Cl. The first-order valence-corrected chi connectivity index (χ1v) is 6.35. The Hall–Kier alpha value is -1.61. The van der Waals surface area contributed by atoms with Crippen molar-refractivity contribution in [3.05, 3.63) is 45.0 Å². The molecule has 0 fully saturated rings. The largest absolute Gasteiger partial charge is 0.312 e. The topological polar surface area (TPSA) is 65.8 Å². The fourth-order valence-electron chi connectivity index (χ4n) is 1.25. The van der Waals surface area contributed by atoms with Crippen LogP contribution in [-0.2, 0) is 0 Å². The summed E-state index contributed by atoms with van der Waals surface area (Å²) in [5.74, 6) is -0.428. The fraction of sp³-hybridized carbons (Fsp3) is 0. The van der Waals surface area contributed by atoms with Gasteiger partial charge in [0.15, 0.2) is 0 Å². The number of nitrogens with zero attached hydrogens (tertiary/aromatic N) is 2.